The smallest absolute Gasteiger partial charge is 0.331 e. The fourth-order valence-electron chi connectivity index (χ4n) is 3.62. The second-order valence-corrected chi connectivity index (χ2v) is 7.07. The number of nitrogens with one attached hydrogen (secondary N) is 1. The molecule has 3 aromatic rings. The summed E-state index contributed by atoms with van der Waals surface area (Å²) in [7, 11) is 0. The van der Waals surface area contributed by atoms with Gasteiger partial charge >= 0.3 is 5.69 Å². The van der Waals surface area contributed by atoms with Crippen LogP contribution < -0.4 is 11.2 Å². The van der Waals surface area contributed by atoms with Crippen molar-refractivity contribution >= 4 is 11.6 Å². The van der Waals surface area contributed by atoms with Gasteiger partial charge in [0.15, 0.2) is 0 Å². The van der Waals surface area contributed by atoms with Crippen molar-refractivity contribution in [3.8, 4) is 5.88 Å². The van der Waals surface area contributed by atoms with Crippen molar-refractivity contribution in [2.24, 2.45) is 5.10 Å². The Morgan fingerprint density at radius 3 is 2.37 bits per heavy atom. The Kier molecular flexibility index (Phi) is 5.05. The molecule has 0 saturated carbocycles. The summed E-state index contributed by atoms with van der Waals surface area (Å²) in [6, 6.07) is 18.0. The molecule has 0 bridgehead atoms. The molecule has 0 radical (unpaired) electrons. The average Bonchev–Trinajstić information content (AvgIpc) is 3.18. The highest BCUT2D eigenvalue weighted by atomic mass is 16.3. The number of hydrazone groups is 1. The SMILES string of the molecule is CC(=O)N1N=C(c2c(O)n(Cc3ccccc3)c(=O)[nH]c2=O)C[C@H]1c1ccccc1. The van der Waals surface area contributed by atoms with E-state index in [2.05, 4.69) is 10.1 Å². The van der Waals surface area contributed by atoms with E-state index >= 15 is 0 Å². The van der Waals surface area contributed by atoms with Crippen LogP contribution in [0.2, 0.25) is 0 Å². The third-order valence-electron chi connectivity index (χ3n) is 5.06. The van der Waals surface area contributed by atoms with Crippen LogP contribution in [0.5, 0.6) is 5.88 Å². The molecule has 30 heavy (non-hydrogen) atoms. The molecule has 1 aliphatic heterocycles. The van der Waals surface area contributed by atoms with E-state index in [4.69, 9.17) is 0 Å². The molecule has 0 aliphatic carbocycles. The summed E-state index contributed by atoms with van der Waals surface area (Å²) < 4.78 is 1.09. The number of benzene rings is 2. The lowest BCUT2D eigenvalue weighted by molar-refractivity contribution is -0.130. The second-order valence-electron chi connectivity index (χ2n) is 7.07. The molecule has 1 aromatic heterocycles. The fourth-order valence-corrected chi connectivity index (χ4v) is 3.62. The highest BCUT2D eigenvalue weighted by molar-refractivity contribution is 6.04. The number of aromatic nitrogens is 2. The number of hydrogen-bond acceptors (Lipinski definition) is 5. The predicted molar refractivity (Wildman–Crippen MR) is 111 cm³/mol. The maximum Gasteiger partial charge on any atom is 0.331 e. The number of aromatic hydroxyl groups is 1. The largest absolute Gasteiger partial charge is 0.494 e. The lowest BCUT2D eigenvalue weighted by Gasteiger charge is -2.20. The van der Waals surface area contributed by atoms with Gasteiger partial charge in [-0.25, -0.2) is 9.80 Å². The van der Waals surface area contributed by atoms with E-state index in [1.54, 1.807) is 0 Å². The zero-order chi connectivity index (χ0) is 21.3. The van der Waals surface area contributed by atoms with Crippen molar-refractivity contribution in [3.63, 3.8) is 0 Å². The van der Waals surface area contributed by atoms with Crippen LogP contribution in [-0.4, -0.2) is 31.3 Å². The Balaban J connectivity index is 1.77. The lowest BCUT2D eigenvalue weighted by atomic mass is 9.99. The summed E-state index contributed by atoms with van der Waals surface area (Å²) in [5, 5.41) is 16.4. The number of carbonyl (C=O) groups excluding carboxylic acids is 1. The topological polar surface area (TPSA) is 108 Å². The van der Waals surface area contributed by atoms with E-state index < -0.39 is 23.2 Å². The molecule has 1 atom stereocenters. The molecule has 8 heteroatoms. The van der Waals surface area contributed by atoms with E-state index in [1.807, 2.05) is 60.7 Å². The first-order valence-electron chi connectivity index (χ1n) is 9.48. The minimum atomic E-state index is -0.738. The summed E-state index contributed by atoms with van der Waals surface area (Å²) in [5.74, 6) is -0.754. The summed E-state index contributed by atoms with van der Waals surface area (Å²) >= 11 is 0. The number of aromatic amines is 1. The number of amides is 1. The van der Waals surface area contributed by atoms with Gasteiger partial charge in [0.25, 0.3) is 5.56 Å². The minimum absolute atomic E-state index is 0.0844. The molecular weight excluding hydrogens is 384 g/mol. The maximum absolute atomic E-state index is 12.6. The first-order chi connectivity index (χ1) is 14.5. The molecule has 0 unspecified atom stereocenters. The molecule has 0 spiro atoms. The number of rotatable bonds is 4. The predicted octanol–water partition coefficient (Wildman–Crippen LogP) is 1.99. The molecular formula is C22H20N4O4. The molecule has 0 fully saturated rings. The quantitative estimate of drug-likeness (QED) is 0.693. The van der Waals surface area contributed by atoms with Crippen LogP contribution in [0.1, 0.15) is 36.1 Å². The van der Waals surface area contributed by atoms with Crippen molar-refractivity contribution in [3.05, 3.63) is 98.2 Å². The molecule has 2 N–H and O–H groups in total. The van der Waals surface area contributed by atoms with Crippen LogP contribution in [0.25, 0.3) is 0 Å². The second kappa shape index (κ2) is 7.82. The van der Waals surface area contributed by atoms with E-state index in [0.717, 1.165) is 15.7 Å². The highest BCUT2D eigenvalue weighted by Gasteiger charge is 2.34. The van der Waals surface area contributed by atoms with E-state index in [9.17, 15) is 19.5 Å². The molecule has 2 aromatic carbocycles. The minimum Gasteiger partial charge on any atom is -0.494 e. The van der Waals surface area contributed by atoms with E-state index in [1.165, 1.54) is 11.9 Å². The van der Waals surface area contributed by atoms with Crippen molar-refractivity contribution in [1.29, 1.82) is 0 Å². The van der Waals surface area contributed by atoms with Crippen LogP contribution >= 0.6 is 0 Å². The number of nitrogens with zero attached hydrogens (tertiary/aromatic N) is 3. The van der Waals surface area contributed by atoms with Crippen molar-refractivity contribution in [1.82, 2.24) is 14.6 Å². The Morgan fingerprint density at radius 2 is 1.73 bits per heavy atom. The van der Waals surface area contributed by atoms with Crippen LogP contribution in [-0.2, 0) is 11.3 Å². The van der Waals surface area contributed by atoms with Crippen LogP contribution in [0.3, 0.4) is 0 Å². The summed E-state index contributed by atoms with van der Waals surface area (Å²) in [4.78, 5) is 39.3. The summed E-state index contributed by atoms with van der Waals surface area (Å²) in [6.07, 6.45) is 0.240. The molecule has 152 valence electrons. The Hall–Kier alpha value is -3.94. The summed E-state index contributed by atoms with van der Waals surface area (Å²) in [5.41, 5.74) is 0.341. The van der Waals surface area contributed by atoms with Crippen LogP contribution in [0.15, 0.2) is 75.4 Å². The van der Waals surface area contributed by atoms with Crippen LogP contribution in [0.4, 0.5) is 0 Å². The van der Waals surface area contributed by atoms with Crippen molar-refractivity contribution in [2.45, 2.75) is 25.9 Å². The normalized spacial score (nSPS) is 15.8. The first-order valence-corrected chi connectivity index (χ1v) is 9.48. The van der Waals surface area contributed by atoms with Gasteiger partial charge in [-0.3, -0.25) is 19.1 Å². The fraction of sp³-hybridized carbons (Fsp3) is 0.182. The molecule has 2 heterocycles. The standard InChI is InChI=1S/C22H20N4O4/c1-14(27)26-18(16-10-6-3-7-11-16)12-17(24-26)19-20(28)23-22(30)25(21(19)29)13-15-8-4-2-5-9-15/h2-11,18,29H,12-13H2,1H3,(H,23,28,30)/t18-/m0/s1. The van der Waals surface area contributed by atoms with E-state index in [0.29, 0.717) is 0 Å². The zero-order valence-electron chi connectivity index (χ0n) is 16.3. The molecule has 8 nitrogen and oxygen atoms in total. The van der Waals surface area contributed by atoms with Crippen LogP contribution in [0, 0.1) is 0 Å². The van der Waals surface area contributed by atoms with Gasteiger partial charge in [-0.2, -0.15) is 5.10 Å². The zero-order valence-corrected chi connectivity index (χ0v) is 16.3. The van der Waals surface area contributed by atoms with Gasteiger partial charge in [0.1, 0.15) is 5.56 Å². The molecule has 1 amide bonds. The number of H-pyrrole nitrogens is 1. The number of hydrogen-bond donors (Lipinski definition) is 2. The maximum atomic E-state index is 12.6. The molecule has 4 rings (SSSR count). The van der Waals surface area contributed by atoms with Crippen molar-refractivity contribution in [2.75, 3.05) is 0 Å². The van der Waals surface area contributed by atoms with E-state index in [-0.39, 0.29) is 30.1 Å². The van der Waals surface area contributed by atoms with Gasteiger partial charge in [-0.15, -0.1) is 0 Å². The van der Waals surface area contributed by atoms with Crippen molar-refractivity contribution < 1.29 is 9.90 Å². The van der Waals surface area contributed by atoms with Gasteiger partial charge < -0.3 is 5.11 Å². The Bertz CT molecular complexity index is 1230. The van der Waals surface area contributed by atoms with Gasteiger partial charge in [0.05, 0.1) is 18.3 Å². The Labute approximate surface area is 171 Å². The molecule has 1 aliphatic rings. The van der Waals surface area contributed by atoms with Gasteiger partial charge in [-0.1, -0.05) is 60.7 Å². The highest BCUT2D eigenvalue weighted by Crippen LogP contribution is 2.33. The van der Waals surface area contributed by atoms with Gasteiger partial charge in [0.2, 0.25) is 11.8 Å². The summed E-state index contributed by atoms with van der Waals surface area (Å²) in [6.45, 7) is 1.48. The third-order valence-corrected chi connectivity index (χ3v) is 5.06. The molecule has 0 saturated heterocycles. The first kappa shape index (κ1) is 19.4. The average molecular weight is 404 g/mol. The third kappa shape index (κ3) is 3.55. The van der Waals surface area contributed by atoms with Gasteiger partial charge in [-0.05, 0) is 11.1 Å². The Morgan fingerprint density at radius 1 is 1.10 bits per heavy atom. The number of carbonyl (C=O) groups is 1. The van der Waals surface area contributed by atoms with Gasteiger partial charge in [0, 0.05) is 13.3 Å². The lowest BCUT2D eigenvalue weighted by Crippen LogP contribution is -2.34. The monoisotopic (exact) mass is 404 g/mol.